The van der Waals surface area contributed by atoms with Crippen molar-refractivity contribution in [3.8, 4) is 11.3 Å². The molecule has 2 aromatic rings. The molecular formula is C19H23N3O. The summed E-state index contributed by atoms with van der Waals surface area (Å²) in [4.78, 5) is 21.7. The predicted octanol–water partition coefficient (Wildman–Crippen LogP) is 2.83. The van der Waals surface area contributed by atoms with Gasteiger partial charge in [-0.05, 0) is 25.6 Å². The summed E-state index contributed by atoms with van der Waals surface area (Å²) < 4.78 is 0. The number of hydrogen-bond donors (Lipinski definition) is 0. The highest BCUT2D eigenvalue weighted by Crippen LogP contribution is 2.20. The quantitative estimate of drug-likeness (QED) is 0.875. The van der Waals surface area contributed by atoms with E-state index in [1.54, 1.807) is 0 Å². The van der Waals surface area contributed by atoms with E-state index in [1.165, 1.54) is 0 Å². The highest BCUT2D eigenvalue weighted by molar-refractivity contribution is 5.95. The fourth-order valence-electron chi connectivity index (χ4n) is 2.99. The van der Waals surface area contributed by atoms with Crippen LogP contribution in [0.15, 0.2) is 42.5 Å². The summed E-state index contributed by atoms with van der Waals surface area (Å²) in [6, 6.07) is 13.9. The Hall–Kier alpha value is -2.20. The second-order valence-corrected chi connectivity index (χ2v) is 5.92. The van der Waals surface area contributed by atoms with Crippen LogP contribution in [-0.4, -0.2) is 53.4 Å². The summed E-state index contributed by atoms with van der Waals surface area (Å²) in [5.41, 5.74) is 3.51. The normalized spacial score (nSPS) is 15.7. The van der Waals surface area contributed by atoms with E-state index in [4.69, 9.17) is 0 Å². The summed E-state index contributed by atoms with van der Waals surface area (Å²) in [6.45, 7) is 8.64. The van der Waals surface area contributed by atoms with E-state index in [-0.39, 0.29) is 5.91 Å². The average molecular weight is 309 g/mol. The topological polar surface area (TPSA) is 36.4 Å². The Balaban J connectivity index is 1.77. The number of rotatable bonds is 3. The first-order valence-electron chi connectivity index (χ1n) is 8.23. The monoisotopic (exact) mass is 309 g/mol. The van der Waals surface area contributed by atoms with E-state index in [0.717, 1.165) is 55.2 Å². The maximum absolute atomic E-state index is 12.7. The van der Waals surface area contributed by atoms with Gasteiger partial charge in [-0.15, -0.1) is 0 Å². The number of carbonyl (C=O) groups excluding carboxylic acids is 1. The Labute approximate surface area is 137 Å². The van der Waals surface area contributed by atoms with Crippen LogP contribution in [0.2, 0.25) is 0 Å². The standard InChI is InChI=1S/C19H23N3O/c1-3-21-11-13-22(14-12-21)19(23)17-9-10-18(20-15(17)2)16-7-5-4-6-8-16/h4-10H,3,11-14H2,1-2H3. The third kappa shape index (κ3) is 3.42. The van der Waals surface area contributed by atoms with Crippen LogP contribution in [0, 0.1) is 6.92 Å². The van der Waals surface area contributed by atoms with E-state index in [9.17, 15) is 4.79 Å². The first-order valence-corrected chi connectivity index (χ1v) is 8.23. The van der Waals surface area contributed by atoms with Crippen LogP contribution in [-0.2, 0) is 0 Å². The number of hydrogen-bond acceptors (Lipinski definition) is 3. The molecule has 3 rings (SSSR count). The van der Waals surface area contributed by atoms with Gasteiger partial charge >= 0.3 is 0 Å². The number of likely N-dealkylation sites (N-methyl/N-ethyl adjacent to an activating group) is 1. The van der Waals surface area contributed by atoms with Crippen LogP contribution in [0.5, 0.6) is 0 Å². The van der Waals surface area contributed by atoms with Gasteiger partial charge in [0.05, 0.1) is 17.0 Å². The van der Waals surface area contributed by atoms with Gasteiger partial charge in [-0.25, -0.2) is 0 Å². The molecule has 0 saturated carbocycles. The zero-order valence-electron chi connectivity index (χ0n) is 13.8. The average Bonchev–Trinajstić information content (AvgIpc) is 2.62. The largest absolute Gasteiger partial charge is 0.336 e. The van der Waals surface area contributed by atoms with Crippen LogP contribution < -0.4 is 0 Å². The highest BCUT2D eigenvalue weighted by atomic mass is 16.2. The molecular weight excluding hydrogens is 286 g/mol. The molecule has 0 aliphatic carbocycles. The lowest BCUT2D eigenvalue weighted by Gasteiger charge is -2.34. The number of pyridine rings is 1. The van der Waals surface area contributed by atoms with Gasteiger partial charge in [0.2, 0.25) is 0 Å². The highest BCUT2D eigenvalue weighted by Gasteiger charge is 2.22. The van der Waals surface area contributed by atoms with Crippen molar-refractivity contribution in [2.75, 3.05) is 32.7 Å². The third-order valence-corrected chi connectivity index (χ3v) is 4.49. The number of piperazine rings is 1. The minimum absolute atomic E-state index is 0.102. The molecule has 1 aromatic heterocycles. The zero-order chi connectivity index (χ0) is 16.2. The van der Waals surface area contributed by atoms with Crippen LogP contribution in [0.25, 0.3) is 11.3 Å². The summed E-state index contributed by atoms with van der Waals surface area (Å²) >= 11 is 0. The lowest BCUT2D eigenvalue weighted by Crippen LogP contribution is -2.48. The van der Waals surface area contributed by atoms with Gasteiger partial charge in [-0.1, -0.05) is 37.3 Å². The second-order valence-electron chi connectivity index (χ2n) is 5.92. The molecule has 2 heterocycles. The van der Waals surface area contributed by atoms with Crippen molar-refractivity contribution >= 4 is 5.91 Å². The summed E-state index contributed by atoms with van der Waals surface area (Å²) in [6.07, 6.45) is 0. The second kappa shape index (κ2) is 6.92. The molecule has 0 unspecified atom stereocenters. The van der Waals surface area contributed by atoms with E-state index in [0.29, 0.717) is 0 Å². The number of aromatic nitrogens is 1. The molecule has 1 aromatic carbocycles. The Bertz CT molecular complexity index is 676. The van der Waals surface area contributed by atoms with E-state index in [2.05, 4.69) is 16.8 Å². The first kappa shape index (κ1) is 15.7. The van der Waals surface area contributed by atoms with Crippen LogP contribution in [0.3, 0.4) is 0 Å². The Morgan fingerprint density at radius 1 is 1.04 bits per heavy atom. The molecule has 0 spiro atoms. The van der Waals surface area contributed by atoms with Crippen LogP contribution in [0.1, 0.15) is 23.0 Å². The summed E-state index contributed by atoms with van der Waals surface area (Å²) in [7, 11) is 0. The van der Waals surface area contributed by atoms with Crippen LogP contribution >= 0.6 is 0 Å². The van der Waals surface area contributed by atoms with Gasteiger partial charge in [0.15, 0.2) is 0 Å². The number of benzene rings is 1. The number of aryl methyl sites for hydroxylation is 1. The molecule has 4 nitrogen and oxygen atoms in total. The van der Waals surface area contributed by atoms with Crippen molar-refractivity contribution in [3.63, 3.8) is 0 Å². The summed E-state index contributed by atoms with van der Waals surface area (Å²) in [5.74, 6) is 0.102. The molecule has 1 fully saturated rings. The number of nitrogens with zero attached hydrogens (tertiary/aromatic N) is 3. The van der Waals surface area contributed by atoms with E-state index in [1.807, 2.05) is 54.3 Å². The number of amides is 1. The van der Waals surface area contributed by atoms with Gasteiger partial charge < -0.3 is 9.80 Å². The van der Waals surface area contributed by atoms with Crippen molar-refractivity contribution in [1.82, 2.24) is 14.8 Å². The molecule has 0 radical (unpaired) electrons. The minimum atomic E-state index is 0.102. The molecule has 23 heavy (non-hydrogen) atoms. The van der Waals surface area contributed by atoms with E-state index >= 15 is 0 Å². The fraction of sp³-hybridized carbons (Fsp3) is 0.368. The van der Waals surface area contributed by atoms with Crippen molar-refractivity contribution in [1.29, 1.82) is 0 Å². The Morgan fingerprint density at radius 2 is 1.74 bits per heavy atom. The SMILES string of the molecule is CCN1CCN(C(=O)c2ccc(-c3ccccc3)nc2C)CC1. The van der Waals surface area contributed by atoms with Crippen molar-refractivity contribution in [2.45, 2.75) is 13.8 Å². The maximum Gasteiger partial charge on any atom is 0.255 e. The van der Waals surface area contributed by atoms with Gasteiger partial charge in [-0.2, -0.15) is 0 Å². The molecule has 0 N–H and O–H groups in total. The molecule has 4 heteroatoms. The lowest BCUT2D eigenvalue weighted by atomic mass is 10.1. The smallest absolute Gasteiger partial charge is 0.255 e. The Morgan fingerprint density at radius 3 is 2.35 bits per heavy atom. The molecule has 1 amide bonds. The van der Waals surface area contributed by atoms with Crippen molar-refractivity contribution in [2.24, 2.45) is 0 Å². The molecule has 120 valence electrons. The van der Waals surface area contributed by atoms with E-state index < -0.39 is 0 Å². The maximum atomic E-state index is 12.7. The zero-order valence-corrected chi connectivity index (χ0v) is 13.8. The van der Waals surface area contributed by atoms with Gasteiger partial charge in [0.25, 0.3) is 5.91 Å². The minimum Gasteiger partial charge on any atom is -0.336 e. The Kier molecular flexibility index (Phi) is 4.72. The van der Waals surface area contributed by atoms with Crippen LogP contribution in [0.4, 0.5) is 0 Å². The van der Waals surface area contributed by atoms with Crippen molar-refractivity contribution in [3.05, 3.63) is 53.7 Å². The van der Waals surface area contributed by atoms with Gasteiger partial charge in [0.1, 0.15) is 0 Å². The lowest BCUT2D eigenvalue weighted by molar-refractivity contribution is 0.0642. The predicted molar refractivity (Wildman–Crippen MR) is 92.4 cm³/mol. The fourth-order valence-corrected chi connectivity index (χ4v) is 2.99. The molecule has 1 aliphatic rings. The number of carbonyl (C=O) groups is 1. The van der Waals surface area contributed by atoms with Gasteiger partial charge in [0, 0.05) is 31.7 Å². The van der Waals surface area contributed by atoms with Crippen molar-refractivity contribution < 1.29 is 4.79 Å². The summed E-state index contributed by atoms with van der Waals surface area (Å²) in [5, 5.41) is 0. The molecule has 0 bridgehead atoms. The van der Waals surface area contributed by atoms with Gasteiger partial charge in [-0.3, -0.25) is 9.78 Å². The molecule has 0 atom stereocenters. The third-order valence-electron chi connectivity index (χ3n) is 4.49. The molecule has 1 saturated heterocycles. The molecule has 1 aliphatic heterocycles. The first-order chi connectivity index (χ1) is 11.2.